The van der Waals surface area contributed by atoms with Crippen molar-refractivity contribution in [1.82, 2.24) is 16.0 Å². The Kier molecular flexibility index (Phi) is 6.03. The molecule has 0 fully saturated rings. The van der Waals surface area contributed by atoms with Gasteiger partial charge >= 0.3 is 0 Å². The van der Waals surface area contributed by atoms with Crippen molar-refractivity contribution >= 4 is 17.7 Å². The third-order valence-electron chi connectivity index (χ3n) is 1.58. The van der Waals surface area contributed by atoms with Crippen molar-refractivity contribution in [3.05, 3.63) is 0 Å². The molecule has 15 heavy (non-hydrogen) atoms. The molecule has 0 radical (unpaired) electrons. The van der Waals surface area contributed by atoms with Crippen LogP contribution in [0.3, 0.4) is 0 Å². The highest BCUT2D eigenvalue weighted by Gasteiger charge is 2.18. The second kappa shape index (κ2) is 6.77. The zero-order chi connectivity index (χ0) is 11.8. The number of carbonyl (C=O) groups is 3. The fourth-order valence-electron chi connectivity index (χ4n) is 0.818. The lowest BCUT2D eigenvalue weighted by Gasteiger charge is -2.14. The molecule has 0 aromatic carbocycles. The van der Waals surface area contributed by atoms with Gasteiger partial charge in [0.1, 0.15) is 6.04 Å². The van der Waals surface area contributed by atoms with Gasteiger partial charge in [-0.2, -0.15) is 0 Å². The highest BCUT2D eigenvalue weighted by atomic mass is 16.3. The van der Waals surface area contributed by atoms with Crippen LogP contribution in [-0.2, 0) is 14.4 Å². The predicted octanol–water partition coefficient (Wildman–Crippen LogP) is -2.65. The summed E-state index contributed by atoms with van der Waals surface area (Å²) in [6.45, 7) is 0.527. The van der Waals surface area contributed by atoms with E-state index in [1.165, 1.54) is 14.0 Å². The monoisotopic (exact) mass is 217 g/mol. The van der Waals surface area contributed by atoms with E-state index in [4.69, 9.17) is 5.11 Å². The molecular weight excluding hydrogens is 202 g/mol. The van der Waals surface area contributed by atoms with Gasteiger partial charge in [0.25, 0.3) is 0 Å². The number of aliphatic hydroxyl groups excluding tert-OH is 1. The number of rotatable bonds is 5. The van der Waals surface area contributed by atoms with Gasteiger partial charge in [-0.1, -0.05) is 0 Å². The van der Waals surface area contributed by atoms with Gasteiger partial charge < -0.3 is 21.1 Å². The molecular formula is C8H15N3O4. The molecule has 0 bridgehead atoms. The van der Waals surface area contributed by atoms with Gasteiger partial charge in [0, 0.05) is 14.0 Å². The Balaban J connectivity index is 4.04. The maximum absolute atomic E-state index is 11.3. The van der Waals surface area contributed by atoms with Crippen LogP contribution in [0.5, 0.6) is 0 Å². The normalized spacial score (nSPS) is 11.4. The Morgan fingerprint density at radius 1 is 1.33 bits per heavy atom. The van der Waals surface area contributed by atoms with Gasteiger partial charge in [-0.15, -0.1) is 0 Å². The van der Waals surface area contributed by atoms with E-state index in [9.17, 15) is 14.4 Å². The number of hydrogen-bond acceptors (Lipinski definition) is 4. The summed E-state index contributed by atoms with van der Waals surface area (Å²) in [6.07, 6.45) is 0. The third-order valence-corrected chi connectivity index (χ3v) is 1.58. The SMILES string of the molecule is CNC(=O)CNC(=O)[C@H](CO)NC(C)=O. The average Bonchev–Trinajstić information content (AvgIpc) is 2.21. The van der Waals surface area contributed by atoms with E-state index in [-0.39, 0.29) is 12.5 Å². The number of hydrogen-bond donors (Lipinski definition) is 4. The molecule has 0 saturated carbocycles. The van der Waals surface area contributed by atoms with Crippen LogP contribution in [0.1, 0.15) is 6.92 Å². The van der Waals surface area contributed by atoms with Gasteiger partial charge in [-0.05, 0) is 0 Å². The topological polar surface area (TPSA) is 108 Å². The summed E-state index contributed by atoms with van der Waals surface area (Å²) in [6, 6.07) is -1.02. The predicted molar refractivity (Wildman–Crippen MR) is 51.8 cm³/mol. The van der Waals surface area contributed by atoms with Crippen LogP contribution in [0.25, 0.3) is 0 Å². The molecule has 1 atom stereocenters. The Morgan fingerprint density at radius 3 is 2.33 bits per heavy atom. The van der Waals surface area contributed by atoms with E-state index in [1.54, 1.807) is 0 Å². The molecule has 0 aliphatic heterocycles. The van der Waals surface area contributed by atoms with Crippen LogP contribution in [0.4, 0.5) is 0 Å². The summed E-state index contributed by atoms with van der Waals surface area (Å²) in [5, 5.41) is 15.6. The molecule has 0 rings (SSSR count). The Labute approximate surface area is 87.2 Å². The molecule has 0 aromatic heterocycles. The molecule has 0 unspecified atom stereocenters. The second-order valence-electron chi connectivity index (χ2n) is 2.83. The maximum Gasteiger partial charge on any atom is 0.245 e. The quantitative estimate of drug-likeness (QED) is 0.403. The first kappa shape index (κ1) is 13.4. The zero-order valence-corrected chi connectivity index (χ0v) is 8.66. The molecule has 0 aliphatic rings. The van der Waals surface area contributed by atoms with E-state index in [0.29, 0.717) is 0 Å². The van der Waals surface area contributed by atoms with Crippen LogP contribution in [0, 0.1) is 0 Å². The van der Waals surface area contributed by atoms with Crippen LogP contribution >= 0.6 is 0 Å². The van der Waals surface area contributed by atoms with Crippen molar-refractivity contribution < 1.29 is 19.5 Å². The van der Waals surface area contributed by atoms with Crippen molar-refractivity contribution in [2.24, 2.45) is 0 Å². The molecule has 4 N–H and O–H groups in total. The van der Waals surface area contributed by atoms with E-state index < -0.39 is 24.5 Å². The Bertz CT molecular complexity index is 254. The number of amides is 3. The van der Waals surface area contributed by atoms with Crippen molar-refractivity contribution in [3.8, 4) is 0 Å². The largest absolute Gasteiger partial charge is 0.394 e. The molecule has 7 heteroatoms. The summed E-state index contributed by atoms with van der Waals surface area (Å²) in [4.78, 5) is 32.7. The van der Waals surface area contributed by atoms with Crippen molar-refractivity contribution in [2.45, 2.75) is 13.0 Å². The summed E-state index contributed by atoms with van der Waals surface area (Å²) < 4.78 is 0. The summed E-state index contributed by atoms with van der Waals surface area (Å²) in [5.41, 5.74) is 0. The maximum atomic E-state index is 11.3. The number of aliphatic hydroxyl groups is 1. The minimum atomic E-state index is -1.02. The minimum absolute atomic E-state index is 0.189. The van der Waals surface area contributed by atoms with Gasteiger partial charge in [-0.25, -0.2) is 0 Å². The minimum Gasteiger partial charge on any atom is -0.394 e. The van der Waals surface area contributed by atoms with E-state index >= 15 is 0 Å². The Hall–Kier alpha value is -1.63. The molecule has 3 amide bonds. The smallest absolute Gasteiger partial charge is 0.245 e. The highest BCUT2D eigenvalue weighted by Crippen LogP contribution is 1.82. The standard InChI is InChI=1S/C8H15N3O4/c1-5(13)11-6(4-12)8(15)10-3-7(14)9-2/h6,12H,3-4H2,1-2H3,(H,9,14)(H,10,15)(H,11,13)/t6-/m0/s1. The fraction of sp³-hybridized carbons (Fsp3) is 0.625. The average molecular weight is 217 g/mol. The molecule has 0 spiro atoms. The first-order chi connectivity index (χ1) is 7.01. The molecule has 0 aromatic rings. The second-order valence-corrected chi connectivity index (χ2v) is 2.83. The van der Waals surface area contributed by atoms with Crippen LogP contribution in [0.2, 0.25) is 0 Å². The number of likely N-dealkylation sites (N-methyl/N-ethyl adjacent to an activating group) is 1. The van der Waals surface area contributed by atoms with Crippen molar-refractivity contribution in [2.75, 3.05) is 20.2 Å². The third kappa shape index (κ3) is 5.63. The molecule has 7 nitrogen and oxygen atoms in total. The first-order valence-electron chi connectivity index (χ1n) is 4.37. The van der Waals surface area contributed by atoms with Gasteiger partial charge in [0.2, 0.25) is 17.7 Å². The van der Waals surface area contributed by atoms with Gasteiger partial charge in [0.15, 0.2) is 0 Å². The highest BCUT2D eigenvalue weighted by molar-refractivity contribution is 5.90. The molecule has 0 aliphatic carbocycles. The van der Waals surface area contributed by atoms with Gasteiger partial charge in [0.05, 0.1) is 13.2 Å². The number of carbonyl (C=O) groups excluding carboxylic acids is 3. The van der Waals surface area contributed by atoms with Crippen LogP contribution in [0.15, 0.2) is 0 Å². The lowest BCUT2D eigenvalue weighted by Crippen LogP contribution is -2.50. The molecule has 0 saturated heterocycles. The van der Waals surface area contributed by atoms with Crippen LogP contribution in [-0.4, -0.2) is 49.1 Å². The first-order valence-corrected chi connectivity index (χ1v) is 4.37. The summed E-state index contributed by atoms with van der Waals surface area (Å²) >= 11 is 0. The lowest BCUT2D eigenvalue weighted by molar-refractivity contribution is -0.130. The summed E-state index contributed by atoms with van der Waals surface area (Å²) in [7, 11) is 1.44. The lowest BCUT2D eigenvalue weighted by atomic mass is 10.3. The van der Waals surface area contributed by atoms with Crippen molar-refractivity contribution in [3.63, 3.8) is 0 Å². The number of nitrogens with one attached hydrogen (secondary N) is 3. The fourth-order valence-corrected chi connectivity index (χ4v) is 0.818. The van der Waals surface area contributed by atoms with E-state index in [1.807, 2.05) is 0 Å². The van der Waals surface area contributed by atoms with Crippen LogP contribution < -0.4 is 16.0 Å². The molecule has 0 heterocycles. The van der Waals surface area contributed by atoms with E-state index in [2.05, 4.69) is 16.0 Å². The summed E-state index contributed by atoms with van der Waals surface area (Å²) in [5.74, 6) is -1.39. The van der Waals surface area contributed by atoms with E-state index in [0.717, 1.165) is 0 Å². The Morgan fingerprint density at radius 2 is 1.93 bits per heavy atom. The molecule has 86 valence electrons. The zero-order valence-electron chi connectivity index (χ0n) is 8.66. The van der Waals surface area contributed by atoms with Gasteiger partial charge in [-0.3, -0.25) is 14.4 Å². The van der Waals surface area contributed by atoms with Crippen molar-refractivity contribution in [1.29, 1.82) is 0 Å².